The highest BCUT2D eigenvalue weighted by Gasteiger charge is 2.02. The van der Waals surface area contributed by atoms with Crippen molar-refractivity contribution in [3.8, 4) is 0 Å². The third-order valence-electron chi connectivity index (χ3n) is 1.34. The minimum absolute atomic E-state index is 0.698. The Morgan fingerprint density at radius 2 is 2.00 bits per heavy atom. The summed E-state index contributed by atoms with van der Waals surface area (Å²) >= 11 is 0. The van der Waals surface area contributed by atoms with Crippen LogP contribution in [0.1, 0.15) is 22.0 Å². The van der Waals surface area contributed by atoms with Gasteiger partial charge in [0.1, 0.15) is 0 Å². The SMILES string of the molecule is [3H]C1([3H])CCN(C)CC1. The van der Waals surface area contributed by atoms with E-state index in [0.717, 1.165) is 13.1 Å². The first-order chi connectivity index (χ1) is 4.10. The maximum atomic E-state index is 7.36. The van der Waals surface area contributed by atoms with Crippen molar-refractivity contribution in [2.24, 2.45) is 0 Å². The van der Waals surface area contributed by atoms with Crippen LogP contribution in [0.4, 0.5) is 0 Å². The number of piperidine rings is 1. The molecule has 1 heterocycles. The molecule has 1 heteroatoms. The van der Waals surface area contributed by atoms with Gasteiger partial charge in [-0.15, -0.1) is 0 Å². The summed E-state index contributed by atoms with van der Waals surface area (Å²) in [6, 6.07) is 0. The Morgan fingerprint density at radius 1 is 1.43 bits per heavy atom. The van der Waals surface area contributed by atoms with Gasteiger partial charge in [-0.05, 0) is 33.0 Å². The van der Waals surface area contributed by atoms with Crippen LogP contribution in [-0.4, -0.2) is 25.0 Å². The normalized spacial score (nSPS) is 36.7. The van der Waals surface area contributed by atoms with Crippen molar-refractivity contribution in [1.29, 1.82) is 0 Å². The number of likely N-dealkylation sites (tertiary alicyclic amines) is 1. The van der Waals surface area contributed by atoms with Gasteiger partial charge in [-0.25, -0.2) is 0 Å². The number of nitrogens with zero attached hydrogens (tertiary/aromatic N) is 1. The van der Waals surface area contributed by atoms with Gasteiger partial charge < -0.3 is 4.90 Å². The lowest BCUT2D eigenvalue weighted by Gasteiger charge is -2.20. The molecule has 0 aromatic carbocycles. The zero-order valence-electron chi connectivity index (χ0n) is 6.78. The molecule has 0 radical (unpaired) electrons. The third kappa shape index (κ3) is 1.48. The van der Waals surface area contributed by atoms with Crippen LogP contribution in [0.3, 0.4) is 0 Å². The van der Waals surface area contributed by atoms with Crippen LogP contribution in [0, 0.1) is 0 Å². The average Bonchev–Trinajstić information content (AvgIpc) is 1.78. The summed E-state index contributed by atoms with van der Waals surface area (Å²) < 4.78 is 14.7. The zero-order chi connectivity index (χ0) is 6.91. The molecule has 0 aromatic heterocycles. The highest BCUT2D eigenvalue weighted by atomic mass is 15.1. The fraction of sp³-hybridized carbons (Fsp3) is 1.00. The molecule has 0 N–H and O–H groups in total. The summed E-state index contributed by atoms with van der Waals surface area (Å²) in [5.41, 5.74) is 0. The highest BCUT2D eigenvalue weighted by molar-refractivity contribution is 4.58. The maximum Gasteiger partial charge on any atom is 0.0267 e. The van der Waals surface area contributed by atoms with Crippen LogP contribution in [-0.2, 0) is 0 Å². The van der Waals surface area contributed by atoms with Gasteiger partial charge in [-0.2, -0.15) is 0 Å². The standard InChI is InChI=1S/C6H13N/c1-7-5-3-2-4-6-7/h2-6H2,1H3/i2T2. The van der Waals surface area contributed by atoms with Crippen molar-refractivity contribution in [2.45, 2.75) is 19.2 Å². The van der Waals surface area contributed by atoms with Crippen LogP contribution in [0.25, 0.3) is 0 Å². The lowest BCUT2D eigenvalue weighted by atomic mass is 10.1. The first-order valence-corrected chi connectivity index (χ1v) is 2.79. The summed E-state index contributed by atoms with van der Waals surface area (Å²) in [7, 11) is 2.04. The largest absolute Gasteiger partial charge is 0.306 e. The molecule has 1 aliphatic heterocycles. The zero-order valence-corrected chi connectivity index (χ0v) is 4.78. The van der Waals surface area contributed by atoms with Gasteiger partial charge >= 0.3 is 0 Å². The Labute approximate surface area is 48.1 Å². The van der Waals surface area contributed by atoms with Gasteiger partial charge in [0.2, 0.25) is 0 Å². The van der Waals surface area contributed by atoms with E-state index in [1.807, 2.05) is 7.05 Å². The van der Waals surface area contributed by atoms with Crippen molar-refractivity contribution in [3.63, 3.8) is 0 Å². The van der Waals surface area contributed by atoms with Crippen molar-refractivity contribution in [3.05, 3.63) is 0 Å². The topological polar surface area (TPSA) is 3.24 Å². The summed E-state index contributed by atoms with van der Waals surface area (Å²) in [5, 5.41) is 0. The average molecular weight is 103 g/mol. The fourth-order valence-corrected chi connectivity index (χ4v) is 0.777. The molecule has 0 amide bonds. The predicted octanol–water partition coefficient (Wildman–Crippen LogP) is 1.10. The summed E-state index contributed by atoms with van der Waals surface area (Å²) in [5.74, 6) is 0. The van der Waals surface area contributed by atoms with Crippen molar-refractivity contribution >= 4 is 0 Å². The molecule has 7 heavy (non-hydrogen) atoms. The van der Waals surface area contributed by atoms with Crippen LogP contribution in [0.15, 0.2) is 0 Å². The van der Waals surface area contributed by atoms with Gasteiger partial charge in [0.05, 0.1) is 0 Å². The van der Waals surface area contributed by atoms with Crippen molar-refractivity contribution in [1.82, 2.24) is 4.90 Å². The third-order valence-corrected chi connectivity index (χ3v) is 1.34. The fourth-order valence-electron chi connectivity index (χ4n) is 0.777. The molecular formula is C6H13N. The maximum absolute atomic E-state index is 7.36. The van der Waals surface area contributed by atoms with E-state index in [4.69, 9.17) is 2.74 Å². The van der Waals surface area contributed by atoms with E-state index in [0.29, 0.717) is 12.8 Å². The highest BCUT2D eigenvalue weighted by Crippen LogP contribution is 2.04. The first-order valence-electron chi connectivity index (χ1n) is 3.79. The van der Waals surface area contributed by atoms with E-state index in [1.165, 1.54) is 0 Å². The quantitative estimate of drug-likeness (QED) is 0.444. The van der Waals surface area contributed by atoms with Gasteiger partial charge in [0.15, 0.2) is 0 Å². The lowest BCUT2D eigenvalue weighted by Crippen LogP contribution is -2.24. The molecule has 1 nitrogen and oxygen atoms in total. The molecule has 0 spiro atoms. The van der Waals surface area contributed by atoms with E-state index in [9.17, 15) is 0 Å². The van der Waals surface area contributed by atoms with Crippen molar-refractivity contribution in [2.75, 3.05) is 20.1 Å². The van der Waals surface area contributed by atoms with Gasteiger partial charge in [0, 0.05) is 2.74 Å². The molecular weight excluding hydrogens is 86.1 g/mol. The lowest BCUT2D eigenvalue weighted by molar-refractivity contribution is 0.277. The number of hydrogen-bond acceptors (Lipinski definition) is 1. The Hall–Kier alpha value is -0.0400. The molecule has 42 valence electrons. The Balaban J connectivity index is 2.35. The second kappa shape index (κ2) is 2.31. The number of hydrogen-bond donors (Lipinski definition) is 0. The molecule has 1 fully saturated rings. The minimum Gasteiger partial charge on any atom is -0.306 e. The van der Waals surface area contributed by atoms with Crippen LogP contribution in [0.2, 0.25) is 0 Å². The predicted molar refractivity (Wildman–Crippen MR) is 31.3 cm³/mol. The molecule has 0 aromatic rings. The molecule has 1 saturated heterocycles. The minimum atomic E-state index is -0.882. The van der Waals surface area contributed by atoms with Crippen LogP contribution >= 0.6 is 0 Å². The van der Waals surface area contributed by atoms with E-state index in [1.54, 1.807) is 0 Å². The van der Waals surface area contributed by atoms with E-state index in [-0.39, 0.29) is 0 Å². The van der Waals surface area contributed by atoms with E-state index < -0.39 is 6.37 Å². The smallest absolute Gasteiger partial charge is 0.0267 e. The molecule has 1 aliphatic rings. The van der Waals surface area contributed by atoms with Crippen LogP contribution < -0.4 is 0 Å². The summed E-state index contributed by atoms with van der Waals surface area (Å²) in [6.07, 6.45) is 0.513. The monoisotopic (exact) mass is 103 g/mol. The molecule has 0 bridgehead atoms. The Bertz CT molecular complexity index is 93.2. The summed E-state index contributed by atoms with van der Waals surface area (Å²) in [4.78, 5) is 2.17. The van der Waals surface area contributed by atoms with Gasteiger partial charge in [0.25, 0.3) is 0 Å². The van der Waals surface area contributed by atoms with E-state index >= 15 is 0 Å². The molecule has 0 saturated carbocycles. The Kier molecular flexibility index (Phi) is 1.02. The van der Waals surface area contributed by atoms with Gasteiger partial charge in [-0.1, -0.05) is 6.37 Å². The van der Waals surface area contributed by atoms with E-state index in [2.05, 4.69) is 4.90 Å². The molecule has 0 unspecified atom stereocenters. The Morgan fingerprint density at radius 3 is 2.43 bits per heavy atom. The molecule has 1 rings (SSSR count). The second-order valence-corrected chi connectivity index (χ2v) is 2.05. The second-order valence-electron chi connectivity index (χ2n) is 2.05. The van der Waals surface area contributed by atoms with Gasteiger partial charge in [-0.3, -0.25) is 0 Å². The molecule has 0 atom stereocenters. The molecule has 0 aliphatic carbocycles. The first kappa shape index (κ1) is 3.08. The number of rotatable bonds is 0. The van der Waals surface area contributed by atoms with Crippen molar-refractivity contribution < 1.29 is 2.74 Å². The van der Waals surface area contributed by atoms with Crippen LogP contribution in [0.5, 0.6) is 0 Å². The summed E-state index contributed by atoms with van der Waals surface area (Å²) in [6.45, 7) is 1.82.